The third-order valence-electron chi connectivity index (χ3n) is 2.86. The van der Waals surface area contributed by atoms with Gasteiger partial charge in [-0.05, 0) is 0 Å². The molecule has 0 saturated carbocycles. The van der Waals surface area contributed by atoms with Gasteiger partial charge in [0.1, 0.15) is 0 Å². The average Bonchev–Trinajstić information content (AvgIpc) is 2.04. The van der Waals surface area contributed by atoms with Gasteiger partial charge >= 0.3 is 106 Å². The van der Waals surface area contributed by atoms with E-state index in [1.165, 1.54) is 19.8 Å². The Morgan fingerprint density at radius 2 is 1.00 bits per heavy atom. The Morgan fingerprint density at radius 1 is 0.714 bits per heavy atom. The molecule has 0 aliphatic heterocycles. The fourth-order valence-electron chi connectivity index (χ4n) is 2.23. The quantitative estimate of drug-likeness (QED) is 0.601. The summed E-state index contributed by atoms with van der Waals surface area (Å²) in [6.45, 7) is 4.86. The first kappa shape index (κ1) is 15.7. The molecule has 0 aromatic heterocycles. The Bertz CT molecular complexity index is 129. The van der Waals surface area contributed by atoms with Crippen LogP contribution >= 0.6 is 0 Å². The minimum atomic E-state index is -0.490. The van der Waals surface area contributed by atoms with E-state index in [1.54, 1.807) is 0 Å². The maximum atomic E-state index is 2.68. The van der Waals surface area contributed by atoms with Crippen molar-refractivity contribution in [1.29, 1.82) is 0 Å². The van der Waals surface area contributed by atoms with Gasteiger partial charge in [0.05, 0.1) is 0 Å². The molecule has 0 aliphatic carbocycles. The molecule has 2 unspecified atom stereocenters. The second-order valence-electron chi connectivity index (χ2n) is 4.37. The van der Waals surface area contributed by atoms with Gasteiger partial charge in [0, 0.05) is 0 Å². The van der Waals surface area contributed by atoms with Gasteiger partial charge in [0.25, 0.3) is 0 Å². The van der Waals surface area contributed by atoms with E-state index in [9.17, 15) is 0 Å². The van der Waals surface area contributed by atoms with Gasteiger partial charge < -0.3 is 0 Å². The molecule has 0 spiro atoms. The van der Waals surface area contributed by atoms with Crippen LogP contribution in [0.2, 0.25) is 35.5 Å². The predicted molar refractivity (Wildman–Crippen MR) is 74.7 cm³/mol. The van der Waals surface area contributed by atoms with Crippen molar-refractivity contribution in [2.75, 3.05) is 0 Å². The van der Waals surface area contributed by atoms with E-state index in [1.807, 2.05) is 0 Å². The van der Waals surface area contributed by atoms with Crippen LogP contribution in [0, 0.1) is 0 Å². The molecular weight excluding hydrogens is 357 g/mol. The Balaban J connectivity index is 4.44. The summed E-state index contributed by atoms with van der Waals surface area (Å²) in [5.74, 6) is 0. The molecule has 0 fully saturated rings. The van der Waals surface area contributed by atoms with Crippen molar-refractivity contribution in [2.24, 2.45) is 0 Å². The molecule has 86 valence electrons. The third-order valence-corrected chi connectivity index (χ3v) is 32.9. The van der Waals surface area contributed by atoms with E-state index in [4.69, 9.17) is 0 Å². The van der Waals surface area contributed by atoms with Crippen molar-refractivity contribution in [1.82, 2.24) is 0 Å². The molecule has 0 saturated heterocycles. The van der Waals surface area contributed by atoms with Crippen molar-refractivity contribution < 1.29 is 0 Å². The van der Waals surface area contributed by atoms with Gasteiger partial charge in [0.2, 0.25) is 0 Å². The Labute approximate surface area is 105 Å². The minimum absolute atomic E-state index is 0.431. The molecule has 2 atom stereocenters. The van der Waals surface area contributed by atoms with E-state index in [0.717, 1.165) is 0 Å². The van der Waals surface area contributed by atoms with Crippen LogP contribution in [-0.4, -0.2) is 44.0 Å². The van der Waals surface area contributed by atoms with Gasteiger partial charge in [-0.15, -0.1) is 0 Å². The first-order valence-corrected chi connectivity index (χ1v) is 19.2. The molecule has 0 aromatic rings. The molecule has 0 nitrogen and oxygen atoms in total. The summed E-state index contributed by atoms with van der Waals surface area (Å²) in [6.07, 6.45) is 2.98. The number of hydrogen-bond acceptors (Lipinski definition) is 0. The van der Waals surface area contributed by atoms with Gasteiger partial charge in [0.15, 0.2) is 0 Å². The SMILES string of the molecule is CCC([As](C)C)[As](C)C(CC)[As](C)C. The van der Waals surface area contributed by atoms with Crippen LogP contribution in [0.4, 0.5) is 0 Å². The molecule has 0 bridgehead atoms. The summed E-state index contributed by atoms with van der Waals surface area (Å²) < 4.78 is 2.47. The Morgan fingerprint density at radius 3 is 1.14 bits per heavy atom. The molecule has 14 heavy (non-hydrogen) atoms. The first-order chi connectivity index (χ1) is 6.45. The van der Waals surface area contributed by atoms with Gasteiger partial charge in [-0.3, -0.25) is 0 Å². The fourth-order valence-corrected chi connectivity index (χ4v) is 33.6. The van der Waals surface area contributed by atoms with Gasteiger partial charge in [-0.1, -0.05) is 0 Å². The zero-order valence-corrected chi connectivity index (χ0v) is 16.5. The second kappa shape index (κ2) is 7.87. The summed E-state index contributed by atoms with van der Waals surface area (Å²) in [5.41, 5.74) is 13.0. The van der Waals surface area contributed by atoms with E-state index >= 15 is 0 Å². The molecule has 0 heterocycles. The zero-order valence-electron chi connectivity index (χ0n) is 10.9. The van der Waals surface area contributed by atoms with E-state index < -0.39 is 44.0 Å². The number of hydrogen-bond donors (Lipinski definition) is 0. The van der Waals surface area contributed by atoms with Crippen LogP contribution in [-0.2, 0) is 0 Å². The van der Waals surface area contributed by atoms with Gasteiger partial charge in [-0.2, -0.15) is 0 Å². The van der Waals surface area contributed by atoms with Gasteiger partial charge in [-0.25, -0.2) is 0 Å². The second-order valence-corrected chi connectivity index (χ2v) is 24.3. The van der Waals surface area contributed by atoms with Crippen LogP contribution in [0.1, 0.15) is 26.7 Å². The molecule has 0 rings (SSSR count). The number of rotatable bonds is 6. The van der Waals surface area contributed by atoms with Crippen molar-refractivity contribution in [3.8, 4) is 0 Å². The molecule has 0 amide bonds. The predicted octanol–water partition coefficient (Wildman–Crippen LogP) is 4.26. The Kier molecular flexibility index (Phi) is 8.81. The third kappa shape index (κ3) is 4.68. The van der Waals surface area contributed by atoms with Crippen LogP contribution < -0.4 is 0 Å². The fraction of sp³-hybridized carbons (Fsp3) is 1.00. The molecule has 0 radical (unpaired) electrons. The van der Waals surface area contributed by atoms with E-state index in [2.05, 4.69) is 42.4 Å². The normalized spacial score (nSPS) is 18.6. The summed E-state index contributed by atoms with van der Waals surface area (Å²) in [7, 11) is 0. The maximum absolute atomic E-state index is 2.68. The standard InChI is InChI=1S/C11H27As3/c1-8-10(12(3)4)14(7)11(9-2)13(5)6/h10-11H,8-9H2,1-7H3. The van der Waals surface area contributed by atoms with Crippen molar-refractivity contribution >= 4 is 44.0 Å². The van der Waals surface area contributed by atoms with Crippen molar-refractivity contribution in [2.45, 2.75) is 62.2 Å². The summed E-state index contributed by atoms with van der Waals surface area (Å²) >= 11 is -1.35. The van der Waals surface area contributed by atoms with Crippen LogP contribution in [0.5, 0.6) is 0 Å². The van der Waals surface area contributed by atoms with E-state index in [0.29, 0.717) is 0 Å². The topological polar surface area (TPSA) is 0 Å². The average molecular weight is 384 g/mol. The summed E-state index contributed by atoms with van der Waals surface area (Å²) in [5, 5.41) is 0. The zero-order chi connectivity index (χ0) is 11.3. The van der Waals surface area contributed by atoms with Crippen LogP contribution in [0.25, 0.3) is 0 Å². The monoisotopic (exact) mass is 384 g/mol. The molecule has 0 N–H and O–H groups in total. The molecule has 0 aromatic carbocycles. The van der Waals surface area contributed by atoms with E-state index in [-0.39, 0.29) is 0 Å². The molecule has 3 heteroatoms. The molecule has 0 aliphatic rings. The van der Waals surface area contributed by atoms with Crippen LogP contribution in [0.3, 0.4) is 0 Å². The van der Waals surface area contributed by atoms with Crippen molar-refractivity contribution in [3.63, 3.8) is 0 Å². The summed E-state index contributed by atoms with van der Waals surface area (Å²) in [6, 6.07) is 0. The summed E-state index contributed by atoms with van der Waals surface area (Å²) in [4.78, 5) is 0. The van der Waals surface area contributed by atoms with Crippen LogP contribution in [0.15, 0.2) is 0 Å². The molecular formula is C11H27As3. The van der Waals surface area contributed by atoms with Crippen molar-refractivity contribution in [3.05, 3.63) is 0 Å². The Hall–Kier alpha value is 1.68. The first-order valence-electron chi connectivity index (χ1n) is 5.50.